The predicted molar refractivity (Wildman–Crippen MR) is 121 cm³/mol. The highest BCUT2D eigenvalue weighted by molar-refractivity contribution is 5.96. The van der Waals surface area contributed by atoms with Gasteiger partial charge in [-0.1, -0.05) is 48.5 Å². The number of aromatic hydroxyl groups is 1. The fourth-order valence-electron chi connectivity index (χ4n) is 4.33. The zero-order chi connectivity index (χ0) is 23.8. The van der Waals surface area contributed by atoms with Gasteiger partial charge in [-0.2, -0.15) is 0 Å². The Morgan fingerprint density at radius 2 is 1.82 bits per heavy atom. The summed E-state index contributed by atoms with van der Waals surface area (Å²) in [5, 5.41) is 12.3. The molecule has 1 amide bonds. The first-order valence-corrected chi connectivity index (χ1v) is 10.7. The van der Waals surface area contributed by atoms with Gasteiger partial charge in [-0.15, -0.1) is 0 Å². The van der Waals surface area contributed by atoms with Crippen LogP contribution in [0.5, 0.6) is 11.5 Å². The molecule has 0 fully saturated rings. The summed E-state index contributed by atoms with van der Waals surface area (Å²) in [5.41, 5.74) is 0.426. The molecule has 1 N–H and O–H groups in total. The molecule has 0 saturated heterocycles. The van der Waals surface area contributed by atoms with Crippen molar-refractivity contribution in [2.24, 2.45) is 0 Å². The molecule has 2 aliphatic rings. The van der Waals surface area contributed by atoms with Gasteiger partial charge in [0.05, 0.1) is 0 Å². The molecule has 3 heterocycles. The van der Waals surface area contributed by atoms with Gasteiger partial charge in [-0.3, -0.25) is 19.3 Å². The Morgan fingerprint density at radius 1 is 1.03 bits per heavy atom. The highest BCUT2D eigenvalue weighted by Crippen LogP contribution is 2.38. The van der Waals surface area contributed by atoms with Gasteiger partial charge in [-0.25, -0.2) is 8.78 Å². The Bertz CT molecular complexity index is 1320. The number of nitrogens with zero attached hydrogens (tertiary/aromatic N) is 3. The highest BCUT2D eigenvalue weighted by atomic mass is 19.3. The minimum atomic E-state index is -2.66. The van der Waals surface area contributed by atoms with E-state index in [0.717, 1.165) is 5.56 Å². The molecule has 0 radical (unpaired) electrons. The van der Waals surface area contributed by atoms with Crippen LogP contribution in [0.25, 0.3) is 0 Å². The maximum absolute atomic E-state index is 13.5. The molecule has 9 heteroatoms. The molecular weight excluding hydrogens is 444 g/mol. The largest absolute Gasteiger partial charge is 0.502 e. The highest BCUT2D eigenvalue weighted by Gasteiger charge is 2.37. The third-order valence-corrected chi connectivity index (χ3v) is 5.96. The number of carbonyl (C=O) groups is 1. The lowest BCUT2D eigenvalue weighted by Gasteiger charge is -2.43. The van der Waals surface area contributed by atoms with Gasteiger partial charge in [0.25, 0.3) is 12.3 Å². The number of hydrogen-bond donors (Lipinski definition) is 1. The van der Waals surface area contributed by atoms with Crippen molar-refractivity contribution in [2.45, 2.75) is 12.5 Å². The van der Waals surface area contributed by atoms with Gasteiger partial charge in [-0.05, 0) is 17.7 Å². The van der Waals surface area contributed by atoms with Crippen LogP contribution in [0.3, 0.4) is 0 Å². The summed E-state index contributed by atoms with van der Waals surface area (Å²) < 4.78 is 34.3. The maximum atomic E-state index is 13.5. The molecule has 34 heavy (non-hydrogen) atoms. The fourth-order valence-corrected chi connectivity index (χ4v) is 4.33. The molecule has 0 saturated carbocycles. The lowest BCUT2D eigenvalue weighted by atomic mass is 9.95. The summed E-state index contributed by atoms with van der Waals surface area (Å²) in [6.07, 6.45) is 2.20. The molecule has 1 aromatic heterocycles. The zero-order valence-corrected chi connectivity index (χ0v) is 18.0. The molecule has 0 aliphatic carbocycles. The number of carbonyl (C=O) groups excluding carboxylic acids is 1. The van der Waals surface area contributed by atoms with Crippen molar-refractivity contribution in [2.75, 3.05) is 24.8 Å². The van der Waals surface area contributed by atoms with E-state index in [0.29, 0.717) is 5.56 Å². The van der Waals surface area contributed by atoms with Gasteiger partial charge < -0.3 is 14.7 Å². The topological polar surface area (TPSA) is 75.0 Å². The number of benzene rings is 2. The van der Waals surface area contributed by atoms with E-state index in [2.05, 4.69) is 0 Å². The summed E-state index contributed by atoms with van der Waals surface area (Å²) >= 11 is 0. The summed E-state index contributed by atoms with van der Waals surface area (Å²) in [4.78, 5) is 26.9. The Balaban J connectivity index is 1.79. The number of hydrogen-bond acceptors (Lipinski definition) is 5. The first kappa shape index (κ1) is 21.7. The van der Waals surface area contributed by atoms with E-state index in [-0.39, 0.29) is 36.8 Å². The summed E-state index contributed by atoms with van der Waals surface area (Å²) in [6.45, 7) is 0.453. The van der Waals surface area contributed by atoms with E-state index in [1.54, 1.807) is 23.2 Å². The number of halogens is 2. The number of pyridine rings is 1. The predicted octanol–water partition coefficient (Wildman–Crippen LogP) is 3.58. The van der Waals surface area contributed by atoms with Crippen molar-refractivity contribution in [3.8, 4) is 11.5 Å². The lowest BCUT2D eigenvalue weighted by Crippen LogP contribution is -2.55. The van der Waals surface area contributed by atoms with Gasteiger partial charge >= 0.3 is 0 Å². The van der Waals surface area contributed by atoms with E-state index in [9.17, 15) is 23.5 Å². The first-order chi connectivity index (χ1) is 16.5. The second kappa shape index (κ2) is 8.66. The van der Waals surface area contributed by atoms with Crippen LogP contribution in [0, 0.1) is 0 Å². The second-order valence-corrected chi connectivity index (χ2v) is 8.02. The normalized spacial score (nSPS) is 18.6. The van der Waals surface area contributed by atoms with Crippen LogP contribution in [0.2, 0.25) is 0 Å². The standard InChI is InChI=1S/C25H21F2N3O4/c26-24(27)17-8-9-18-20(14-17)34-13-5-4-11-28-15-30(21(18)16-6-2-1-3-7-16)29-12-10-19(31)23(32)22(29)25(28)33/h1-10,12,14,21,24,32H,11,13,15H2/b5-4-/t21-/m1/s1. The quantitative estimate of drug-likeness (QED) is 0.586. The molecule has 5 rings (SSSR count). The van der Waals surface area contributed by atoms with Crippen LogP contribution >= 0.6 is 0 Å². The van der Waals surface area contributed by atoms with E-state index >= 15 is 0 Å². The van der Waals surface area contributed by atoms with Crippen LogP contribution < -0.4 is 15.2 Å². The number of ether oxygens (including phenoxy) is 1. The number of rotatable bonds is 2. The average Bonchev–Trinajstić information content (AvgIpc) is 2.87. The van der Waals surface area contributed by atoms with E-state index in [1.807, 2.05) is 30.3 Å². The van der Waals surface area contributed by atoms with Crippen molar-refractivity contribution < 1.29 is 23.4 Å². The average molecular weight is 465 g/mol. The smallest absolute Gasteiger partial charge is 0.278 e. The molecule has 2 aromatic carbocycles. The van der Waals surface area contributed by atoms with Crippen LogP contribution in [-0.4, -0.2) is 40.4 Å². The Kier molecular flexibility index (Phi) is 5.53. The first-order valence-electron chi connectivity index (χ1n) is 10.7. The number of amides is 1. The summed E-state index contributed by atoms with van der Waals surface area (Å²) in [6, 6.07) is 14.2. The molecule has 1 atom stereocenters. The minimum absolute atomic E-state index is 0.119. The van der Waals surface area contributed by atoms with Gasteiger partial charge in [0.15, 0.2) is 11.4 Å². The van der Waals surface area contributed by atoms with Crippen molar-refractivity contribution in [3.05, 3.63) is 106 Å². The summed E-state index contributed by atoms with van der Waals surface area (Å²) in [5.74, 6) is -0.845. The monoisotopic (exact) mass is 465 g/mol. The number of fused-ring (bicyclic) bond motifs is 5. The molecule has 3 aromatic rings. The van der Waals surface area contributed by atoms with Crippen molar-refractivity contribution in [1.82, 2.24) is 9.58 Å². The Morgan fingerprint density at radius 3 is 2.59 bits per heavy atom. The molecule has 2 bridgehead atoms. The number of alkyl halides is 2. The second-order valence-electron chi connectivity index (χ2n) is 8.02. The SMILES string of the molecule is O=C1c2c(O)c(=O)ccn2N2CN1C/C=C\COc1cc(C(F)F)ccc1[C@H]2c1ccccc1. The van der Waals surface area contributed by atoms with E-state index in [1.165, 1.54) is 34.0 Å². The minimum Gasteiger partial charge on any atom is -0.502 e. The van der Waals surface area contributed by atoms with Gasteiger partial charge in [0.2, 0.25) is 5.43 Å². The Hall–Kier alpha value is -4.14. The lowest BCUT2D eigenvalue weighted by molar-refractivity contribution is 0.0701. The van der Waals surface area contributed by atoms with E-state index < -0.39 is 29.6 Å². The van der Waals surface area contributed by atoms with Crippen molar-refractivity contribution >= 4 is 5.91 Å². The van der Waals surface area contributed by atoms with Crippen molar-refractivity contribution in [1.29, 1.82) is 0 Å². The van der Waals surface area contributed by atoms with Gasteiger partial charge in [0, 0.05) is 29.9 Å². The molecule has 7 nitrogen and oxygen atoms in total. The van der Waals surface area contributed by atoms with Crippen LogP contribution in [0.1, 0.15) is 39.6 Å². The van der Waals surface area contributed by atoms with Crippen LogP contribution in [0.4, 0.5) is 8.78 Å². The van der Waals surface area contributed by atoms with Crippen LogP contribution in [0.15, 0.2) is 77.7 Å². The number of aromatic nitrogens is 1. The molecule has 174 valence electrons. The van der Waals surface area contributed by atoms with E-state index in [4.69, 9.17) is 4.74 Å². The zero-order valence-electron chi connectivity index (χ0n) is 18.0. The third-order valence-electron chi connectivity index (χ3n) is 5.96. The molecule has 2 aliphatic heterocycles. The molecule has 0 spiro atoms. The van der Waals surface area contributed by atoms with Gasteiger partial charge in [0.1, 0.15) is 25.1 Å². The fraction of sp³-hybridized carbons (Fsp3) is 0.200. The summed E-state index contributed by atoms with van der Waals surface area (Å²) in [7, 11) is 0. The van der Waals surface area contributed by atoms with Crippen molar-refractivity contribution in [3.63, 3.8) is 0 Å². The molecular formula is C25H21F2N3O4. The maximum Gasteiger partial charge on any atom is 0.278 e. The third kappa shape index (κ3) is 3.68. The Labute approximate surface area is 193 Å². The molecule has 0 unspecified atom stereocenters. The van der Waals surface area contributed by atoms with Crippen LogP contribution in [-0.2, 0) is 0 Å².